The normalized spacial score (nSPS) is 12.3. The van der Waals surface area contributed by atoms with Crippen molar-refractivity contribution in [2.24, 2.45) is 7.05 Å². The van der Waals surface area contributed by atoms with E-state index in [0.717, 1.165) is 16.7 Å². The lowest BCUT2D eigenvalue weighted by atomic mass is 9.93. The Kier molecular flexibility index (Phi) is 6.70. The molecule has 4 aromatic rings. The van der Waals surface area contributed by atoms with Crippen molar-refractivity contribution >= 4 is 10.8 Å². The summed E-state index contributed by atoms with van der Waals surface area (Å²) in [7, 11) is 1.60. The van der Waals surface area contributed by atoms with Crippen LogP contribution in [0.2, 0.25) is 0 Å². The fourth-order valence-corrected chi connectivity index (χ4v) is 4.32. The highest BCUT2D eigenvalue weighted by molar-refractivity contribution is 5.98. The Bertz CT molecular complexity index is 1450. The van der Waals surface area contributed by atoms with Gasteiger partial charge in [-0.15, -0.1) is 0 Å². The SMILES string of the molecule is Cc1ccccc1-c1c(CNCc2cc(C(F)(F)F)cc(C(F)(F)F)c2)n(C)c(=O)c2ccccc12. The van der Waals surface area contributed by atoms with Crippen molar-refractivity contribution in [1.82, 2.24) is 9.88 Å². The zero-order chi connectivity index (χ0) is 26.3. The zero-order valence-electron chi connectivity index (χ0n) is 19.4. The molecule has 0 bridgehead atoms. The lowest BCUT2D eigenvalue weighted by Gasteiger charge is -2.20. The number of nitrogens with one attached hydrogen (secondary N) is 1. The molecule has 188 valence electrons. The summed E-state index contributed by atoms with van der Waals surface area (Å²) in [6, 6.07) is 16.2. The molecular weight excluding hydrogens is 482 g/mol. The minimum absolute atomic E-state index is 0.0395. The molecule has 0 fully saturated rings. The fourth-order valence-electron chi connectivity index (χ4n) is 4.32. The lowest BCUT2D eigenvalue weighted by Crippen LogP contribution is -2.26. The summed E-state index contributed by atoms with van der Waals surface area (Å²) in [6.45, 7) is 1.70. The first kappa shape index (κ1) is 25.5. The summed E-state index contributed by atoms with van der Waals surface area (Å²) in [6.07, 6.45) is -9.84. The largest absolute Gasteiger partial charge is 0.416 e. The van der Waals surface area contributed by atoms with Crippen LogP contribution < -0.4 is 10.9 Å². The molecule has 1 N–H and O–H groups in total. The molecule has 3 nitrogen and oxygen atoms in total. The zero-order valence-corrected chi connectivity index (χ0v) is 19.4. The molecule has 0 radical (unpaired) electrons. The van der Waals surface area contributed by atoms with Crippen LogP contribution in [0.3, 0.4) is 0 Å². The first-order chi connectivity index (χ1) is 16.9. The van der Waals surface area contributed by atoms with E-state index in [4.69, 9.17) is 0 Å². The van der Waals surface area contributed by atoms with Gasteiger partial charge < -0.3 is 9.88 Å². The average molecular weight is 504 g/mol. The van der Waals surface area contributed by atoms with E-state index in [1.165, 1.54) is 4.57 Å². The van der Waals surface area contributed by atoms with E-state index in [0.29, 0.717) is 28.6 Å². The van der Waals surface area contributed by atoms with Gasteiger partial charge in [-0.25, -0.2) is 0 Å². The van der Waals surface area contributed by atoms with E-state index in [1.54, 1.807) is 19.2 Å². The van der Waals surface area contributed by atoms with Crippen LogP contribution in [0.25, 0.3) is 21.9 Å². The summed E-state index contributed by atoms with van der Waals surface area (Å²) in [5.41, 5.74) is 0.0170. The number of nitrogens with zero attached hydrogens (tertiary/aromatic N) is 1. The first-order valence-corrected chi connectivity index (χ1v) is 11.0. The van der Waals surface area contributed by atoms with Crippen LogP contribution in [0.15, 0.2) is 71.5 Å². The Labute approximate surface area is 203 Å². The average Bonchev–Trinajstić information content (AvgIpc) is 2.82. The van der Waals surface area contributed by atoms with E-state index in [9.17, 15) is 31.1 Å². The van der Waals surface area contributed by atoms with Crippen molar-refractivity contribution in [3.63, 3.8) is 0 Å². The number of pyridine rings is 1. The van der Waals surface area contributed by atoms with Crippen LogP contribution >= 0.6 is 0 Å². The molecule has 4 rings (SSSR count). The molecule has 0 saturated heterocycles. The topological polar surface area (TPSA) is 34.0 Å². The molecule has 1 heterocycles. The van der Waals surface area contributed by atoms with Crippen LogP contribution in [0.5, 0.6) is 0 Å². The van der Waals surface area contributed by atoms with Crippen molar-refractivity contribution in [3.05, 3.63) is 105 Å². The number of rotatable bonds is 5. The molecule has 0 saturated carbocycles. The van der Waals surface area contributed by atoms with Gasteiger partial charge >= 0.3 is 12.4 Å². The second-order valence-electron chi connectivity index (χ2n) is 8.56. The number of hydrogen-bond donors (Lipinski definition) is 1. The molecule has 0 amide bonds. The highest BCUT2D eigenvalue weighted by Gasteiger charge is 2.36. The van der Waals surface area contributed by atoms with Gasteiger partial charge in [0.15, 0.2) is 0 Å². The van der Waals surface area contributed by atoms with Gasteiger partial charge in [0.25, 0.3) is 5.56 Å². The molecule has 0 aliphatic rings. The number of halogens is 6. The number of alkyl halides is 6. The molecule has 0 atom stereocenters. The minimum atomic E-state index is -4.92. The van der Waals surface area contributed by atoms with Gasteiger partial charge in [0, 0.05) is 36.8 Å². The van der Waals surface area contributed by atoms with E-state index < -0.39 is 23.5 Å². The number of fused-ring (bicyclic) bond motifs is 1. The van der Waals surface area contributed by atoms with Gasteiger partial charge in [-0.1, -0.05) is 42.5 Å². The first-order valence-electron chi connectivity index (χ1n) is 11.0. The lowest BCUT2D eigenvalue weighted by molar-refractivity contribution is -0.143. The Morgan fingerprint density at radius 3 is 1.92 bits per heavy atom. The highest BCUT2D eigenvalue weighted by Crippen LogP contribution is 2.37. The summed E-state index contributed by atoms with van der Waals surface area (Å²) in [5.74, 6) is 0. The molecular formula is C27H22F6N2O. The predicted octanol–water partition coefficient (Wildman–Crippen LogP) is 6.84. The molecule has 1 aromatic heterocycles. The van der Waals surface area contributed by atoms with Gasteiger partial charge in [-0.3, -0.25) is 4.79 Å². The summed E-state index contributed by atoms with van der Waals surface area (Å²) in [4.78, 5) is 13.0. The van der Waals surface area contributed by atoms with E-state index in [-0.39, 0.29) is 30.3 Å². The van der Waals surface area contributed by atoms with Gasteiger partial charge in [0.1, 0.15) is 0 Å². The van der Waals surface area contributed by atoms with E-state index in [1.807, 2.05) is 43.3 Å². The second kappa shape index (κ2) is 9.46. The van der Waals surface area contributed by atoms with Gasteiger partial charge in [0.05, 0.1) is 11.1 Å². The van der Waals surface area contributed by atoms with E-state index >= 15 is 0 Å². The Hall–Kier alpha value is -3.59. The van der Waals surface area contributed by atoms with Gasteiger partial charge in [-0.2, -0.15) is 26.3 Å². The van der Waals surface area contributed by atoms with Crippen molar-refractivity contribution in [3.8, 4) is 11.1 Å². The number of aromatic nitrogens is 1. The quantitative estimate of drug-likeness (QED) is 0.302. The fraction of sp³-hybridized carbons (Fsp3) is 0.222. The Balaban J connectivity index is 1.76. The summed E-state index contributed by atoms with van der Waals surface area (Å²) >= 11 is 0. The molecule has 0 aliphatic heterocycles. The van der Waals surface area contributed by atoms with Crippen LogP contribution in [0, 0.1) is 6.92 Å². The predicted molar refractivity (Wildman–Crippen MR) is 126 cm³/mol. The number of benzene rings is 3. The molecule has 0 spiro atoms. The standard InChI is InChI=1S/C27H22F6N2O/c1-16-7-3-4-8-20(16)24-21-9-5-6-10-22(21)25(36)35(2)23(24)15-34-14-17-11-18(26(28,29)30)13-19(12-17)27(31,32)33/h3-13,34H,14-15H2,1-2H3. The summed E-state index contributed by atoms with van der Waals surface area (Å²) < 4.78 is 80.8. The van der Waals surface area contributed by atoms with Crippen molar-refractivity contribution in [2.45, 2.75) is 32.4 Å². The Morgan fingerprint density at radius 2 is 1.33 bits per heavy atom. The van der Waals surface area contributed by atoms with Crippen molar-refractivity contribution < 1.29 is 26.3 Å². The molecule has 0 unspecified atom stereocenters. The maximum atomic E-state index is 13.2. The van der Waals surface area contributed by atoms with Crippen LogP contribution in [0.4, 0.5) is 26.3 Å². The van der Waals surface area contributed by atoms with E-state index in [2.05, 4.69) is 5.32 Å². The smallest absolute Gasteiger partial charge is 0.313 e. The third-order valence-electron chi connectivity index (χ3n) is 6.11. The van der Waals surface area contributed by atoms with Crippen LogP contribution in [0.1, 0.15) is 27.9 Å². The maximum absolute atomic E-state index is 13.2. The number of aryl methyl sites for hydroxylation is 1. The molecule has 36 heavy (non-hydrogen) atoms. The summed E-state index contributed by atoms with van der Waals surface area (Å²) in [5, 5.41) is 4.17. The van der Waals surface area contributed by atoms with Gasteiger partial charge in [-0.05, 0) is 53.3 Å². The minimum Gasteiger partial charge on any atom is -0.313 e. The third-order valence-corrected chi connectivity index (χ3v) is 6.11. The third kappa shape index (κ3) is 5.02. The maximum Gasteiger partial charge on any atom is 0.416 e. The van der Waals surface area contributed by atoms with Crippen LogP contribution in [-0.2, 0) is 32.5 Å². The highest BCUT2D eigenvalue weighted by atomic mass is 19.4. The second-order valence-corrected chi connectivity index (χ2v) is 8.56. The monoisotopic (exact) mass is 504 g/mol. The van der Waals surface area contributed by atoms with Crippen molar-refractivity contribution in [2.75, 3.05) is 0 Å². The van der Waals surface area contributed by atoms with Crippen molar-refractivity contribution in [1.29, 1.82) is 0 Å². The van der Waals surface area contributed by atoms with Crippen LogP contribution in [-0.4, -0.2) is 4.57 Å². The number of hydrogen-bond acceptors (Lipinski definition) is 2. The van der Waals surface area contributed by atoms with Gasteiger partial charge in [0.2, 0.25) is 0 Å². The Morgan fingerprint density at radius 1 is 0.778 bits per heavy atom. The molecule has 0 aliphatic carbocycles. The molecule has 3 aromatic carbocycles. The molecule has 9 heteroatoms.